The lowest BCUT2D eigenvalue weighted by Crippen LogP contribution is -2.17. The molecule has 164 valence electrons. The highest BCUT2D eigenvalue weighted by molar-refractivity contribution is 6.42. The zero-order chi connectivity index (χ0) is 23.1. The Morgan fingerprint density at radius 2 is 1.69 bits per heavy atom. The Morgan fingerprint density at radius 1 is 0.875 bits per heavy atom. The molecule has 0 radical (unpaired) electrons. The topological polar surface area (TPSA) is 86.2 Å². The summed E-state index contributed by atoms with van der Waals surface area (Å²) < 4.78 is 15.8. The molecule has 32 heavy (non-hydrogen) atoms. The second-order valence-electron chi connectivity index (χ2n) is 6.36. The number of hydrazone groups is 1. The molecule has 0 aliphatic rings. The first-order valence-corrected chi connectivity index (χ1v) is 9.99. The lowest BCUT2D eigenvalue weighted by Gasteiger charge is -2.10. The number of methoxy groups -OCH3 is 2. The lowest BCUT2D eigenvalue weighted by atomic mass is 10.2. The molecule has 0 atom stereocenters. The van der Waals surface area contributed by atoms with E-state index in [1.165, 1.54) is 38.6 Å². The van der Waals surface area contributed by atoms with Gasteiger partial charge in [0.1, 0.15) is 5.75 Å². The minimum absolute atomic E-state index is 0.209. The molecule has 1 N–H and O–H groups in total. The molecule has 7 nitrogen and oxygen atoms in total. The van der Waals surface area contributed by atoms with Crippen molar-refractivity contribution in [2.45, 2.75) is 0 Å². The van der Waals surface area contributed by atoms with Crippen LogP contribution in [0.25, 0.3) is 0 Å². The number of rotatable bonds is 7. The fourth-order valence-electron chi connectivity index (χ4n) is 2.62. The zero-order valence-electron chi connectivity index (χ0n) is 17.1. The molecule has 0 bridgehead atoms. The van der Waals surface area contributed by atoms with Gasteiger partial charge in [-0.2, -0.15) is 5.10 Å². The van der Waals surface area contributed by atoms with E-state index in [0.29, 0.717) is 27.6 Å². The van der Waals surface area contributed by atoms with Gasteiger partial charge in [0.15, 0.2) is 11.5 Å². The number of hydrogen-bond acceptors (Lipinski definition) is 6. The van der Waals surface area contributed by atoms with Crippen LogP contribution in [-0.4, -0.2) is 32.3 Å². The molecule has 0 spiro atoms. The van der Waals surface area contributed by atoms with Gasteiger partial charge in [-0.05, 0) is 60.2 Å². The Labute approximate surface area is 194 Å². The van der Waals surface area contributed by atoms with Crippen molar-refractivity contribution >= 4 is 41.3 Å². The first kappa shape index (κ1) is 23.1. The fourth-order valence-corrected chi connectivity index (χ4v) is 2.92. The largest absolute Gasteiger partial charge is 0.497 e. The van der Waals surface area contributed by atoms with Crippen molar-refractivity contribution in [2.75, 3.05) is 14.2 Å². The summed E-state index contributed by atoms with van der Waals surface area (Å²) in [4.78, 5) is 24.6. The molecule has 0 aliphatic heterocycles. The number of carbonyl (C=O) groups excluding carboxylic acids is 2. The standard InChI is InChI=1S/C23H18Cl2N2O5/c1-30-17-5-3-4-15(11-17)22(28)27-26-13-14-6-9-20(21(10-14)31-2)32-23(29)16-7-8-18(24)19(25)12-16/h3-13H,1-2H3,(H,27,28)/b26-13-. The molecule has 1 amide bonds. The summed E-state index contributed by atoms with van der Waals surface area (Å²) in [6.45, 7) is 0. The molecule has 0 saturated heterocycles. The van der Waals surface area contributed by atoms with Gasteiger partial charge in [0.25, 0.3) is 5.91 Å². The maximum Gasteiger partial charge on any atom is 0.343 e. The number of nitrogens with one attached hydrogen (secondary N) is 1. The molecule has 0 heterocycles. The van der Waals surface area contributed by atoms with Crippen LogP contribution in [0.5, 0.6) is 17.2 Å². The number of esters is 1. The first-order chi connectivity index (χ1) is 15.4. The Kier molecular flexibility index (Phi) is 7.70. The molecule has 0 unspecified atom stereocenters. The van der Waals surface area contributed by atoms with Crippen LogP contribution < -0.4 is 19.6 Å². The van der Waals surface area contributed by atoms with Crippen molar-refractivity contribution < 1.29 is 23.8 Å². The van der Waals surface area contributed by atoms with Gasteiger partial charge >= 0.3 is 5.97 Å². The minimum atomic E-state index is -0.617. The van der Waals surface area contributed by atoms with Crippen molar-refractivity contribution in [1.82, 2.24) is 5.43 Å². The van der Waals surface area contributed by atoms with Crippen molar-refractivity contribution in [2.24, 2.45) is 5.10 Å². The van der Waals surface area contributed by atoms with Crippen LogP contribution in [0.15, 0.2) is 65.8 Å². The van der Waals surface area contributed by atoms with Gasteiger partial charge in [-0.1, -0.05) is 29.3 Å². The summed E-state index contributed by atoms with van der Waals surface area (Å²) in [5, 5.41) is 4.53. The Bertz CT molecular complexity index is 1180. The highest BCUT2D eigenvalue weighted by Gasteiger charge is 2.14. The van der Waals surface area contributed by atoms with Crippen LogP contribution in [0.2, 0.25) is 10.0 Å². The number of benzene rings is 3. The summed E-state index contributed by atoms with van der Waals surface area (Å²) in [7, 11) is 2.96. The van der Waals surface area contributed by atoms with Gasteiger partial charge in [-0.25, -0.2) is 10.2 Å². The van der Waals surface area contributed by atoms with E-state index in [1.54, 1.807) is 42.5 Å². The molecule has 3 aromatic carbocycles. The van der Waals surface area contributed by atoms with Crippen LogP contribution in [0.4, 0.5) is 0 Å². The van der Waals surface area contributed by atoms with E-state index in [1.807, 2.05) is 0 Å². The van der Waals surface area contributed by atoms with Crippen molar-refractivity contribution in [1.29, 1.82) is 0 Å². The third kappa shape index (κ3) is 5.78. The van der Waals surface area contributed by atoms with Gasteiger partial charge in [0, 0.05) is 5.56 Å². The van der Waals surface area contributed by atoms with Crippen LogP contribution in [-0.2, 0) is 0 Å². The normalized spacial score (nSPS) is 10.6. The second kappa shape index (κ2) is 10.7. The second-order valence-corrected chi connectivity index (χ2v) is 7.17. The van der Waals surface area contributed by atoms with E-state index in [2.05, 4.69) is 10.5 Å². The van der Waals surface area contributed by atoms with Gasteiger partial charge < -0.3 is 14.2 Å². The quantitative estimate of drug-likeness (QED) is 0.226. The summed E-state index contributed by atoms with van der Waals surface area (Å²) in [5.74, 6) is 0.0770. The van der Waals surface area contributed by atoms with Gasteiger partial charge in [0.05, 0.1) is 36.0 Å². The smallest absolute Gasteiger partial charge is 0.343 e. The highest BCUT2D eigenvalue weighted by Crippen LogP contribution is 2.29. The predicted octanol–water partition coefficient (Wildman–Crippen LogP) is 4.99. The number of amides is 1. The van der Waals surface area contributed by atoms with Gasteiger partial charge in [0.2, 0.25) is 0 Å². The van der Waals surface area contributed by atoms with Gasteiger partial charge in [-0.15, -0.1) is 0 Å². The number of carbonyl (C=O) groups is 2. The lowest BCUT2D eigenvalue weighted by molar-refractivity contribution is 0.0729. The Balaban J connectivity index is 1.68. The van der Waals surface area contributed by atoms with Gasteiger partial charge in [-0.3, -0.25) is 4.79 Å². The van der Waals surface area contributed by atoms with Crippen molar-refractivity contribution in [3.05, 3.63) is 87.4 Å². The Morgan fingerprint density at radius 3 is 2.41 bits per heavy atom. The average molecular weight is 473 g/mol. The molecule has 0 aromatic heterocycles. The third-order valence-electron chi connectivity index (χ3n) is 4.26. The molecule has 0 fully saturated rings. The number of hydrogen-bond donors (Lipinski definition) is 1. The number of halogens is 2. The molecule has 0 saturated carbocycles. The van der Waals surface area contributed by atoms with E-state index in [4.69, 9.17) is 37.4 Å². The maximum atomic E-state index is 12.4. The number of ether oxygens (including phenoxy) is 3. The van der Waals surface area contributed by atoms with E-state index in [-0.39, 0.29) is 22.2 Å². The highest BCUT2D eigenvalue weighted by atomic mass is 35.5. The van der Waals surface area contributed by atoms with Crippen LogP contribution in [0.3, 0.4) is 0 Å². The van der Waals surface area contributed by atoms with Crippen LogP contribution in [0, 0.1) is 0 Å². The SMILES string of the molecule is COc1cccc(C(=O)N/N=C\c2ccc(OC(=O)c3ccc(Cl)c(Cl)c3)c(OC)c2)c1. The average Bonchev–Trinajstić information content (AvgIpc) is 2.81. The third-order valence-corrected chi connectivity index (χ3v) is 5.00. The predicted molar refractivity (Wildman–Crippen MR) is 122 cm³/mol. The Hall–Kier alpha value is -3.55. The maximum absolute atomic E-state index is 12.4. The van der Waals surface area contributed by atoms with Crippen molar-refractivity contribution in [3.8, 4) is 17.2 Å². The molecular formula is C23H18Cl2N2O5. The number of nitrogens with zero attached hydrogens (tertiary/aromatic N) is 1. The monoisotopic (exact) mass is 472 g/mol. The van der Waals surface area contributed by atoms with E-state index in [0.717, 1.165) is 0 Å². The van der Waals surface area contributed by atoms with E-state index in [9.17, 15) is 9.59 Å². The minimum Gasteiger partial charge on any atom is -0.497 e. The van der Waals surface area contributed by atoms with Crippen LogP contribution >= 0.6 is 23.2 Å². The zero-order valence-corrected chi connectivity index (χ0v) is 18.6. The summed E-state index contributed by atoms with van der Waals surface area (Å²) in [6, 6.07) is 16.0. The summed E-state index contributed by atoms with van der Waals surface area (Å²) >= 11 is 11.8. The molecule has 3 rings (SSSR count). The molecule has 3 aromatic rings. The summed E-state index contributed by atoms with van der Waals surface area (Å²) in [5.41, 5.74) is 3.70. The molecule has 9 heteroatoms. The first-order valence-electron chi connectivity index (χ1n) is 9.24. The molecular weight excluding hydrogens is 455 g/mol. The van der Waals surface area contributed by atoms with E-state index >= 15 is 0 Å². The van der Waals surface area contributed by atoms with E-state index < -0.39 is 5.97 Å². The molecule has 0 aliphatic carbocycles. The fraction of sp³-hybridized carbons (Fsp3) is 0.0870. The summed E-state index contributed by atoms with van der Waals surface area (Å²) in [6.07, 6.45) is 1.44. The van der Waals surface area contributed by atoms with Crippen LogP contribution in [0.1, 0.15) is 26.3 Å². The van der Waals surface area contributed by atoms with Crippen molar-refractivity contribution in [3.63, 3.8) is 0 Å².